The number of nitrogens with zero attached hydrogens (tertiary/aromatic N) is 1. The van der Waals surface area contributed by atoms with Gasteiger partial charge in [0.25, 0.3) is 5.91 Å². The van der Waals surface area contributed by atoms with Gasteiger partial charge in [-0.15, -0.1) is 0 Å². The van der Waals surface area contributed by atoms with Crippen LogP contribution in [-0.2, 0) is 6.18 Å². The van der Waals surface area contributed by atoms with E-state index in [4.69, 9.17) is 5.73 Å². The summed E-state index contributed by atoms with van der Waals surface area (Å²) in [6.45, 7) is 0. The fourth-order valence-corrected chi connectivity index (χ4v) is 1.65. The van der Waals surface area contributed by atoms with E-state index in [0.29, 0.717) is 0 Å². The number of alkyl halides is 3. The lowest BCUT2D eigenvalue weighted by Crippen LogP contribution is -2.13. The standard InChI is InChI=1S/C14H9F3N2O2/c15-14(16,17)10-4-1-8(2-5-10)12(20)9-3-6-11(13(18)21)19-7-9/h1-7H,(H2,18,21). The number of pyridine rings is 1. The van der Waals surface area contributed by atoms with Crippen molar-refractivity contribution in [2.45, 2.75) is 6.18 Å². The van der Waals surface area contributed by atoms with E-state index in [1.54, 1.807) is 0 Å². The van der Waals surface area contributed by atoms with Crippen molar-refractivity contribution >= 4 is 11.7 Å². The Morgan fingerprint density at radius 3 is 1.95 bits per heavy atom. The number of primary amides is 1. The van der Waals surface area contributed by atoms with Gasteiger partial charge in [0.1, 0.15) is 5.69 Å². The predicted molar refractivity (Wildman–Crippen MR) is 67.6 cm³/mol. The van der Waals surface area contributed by atoms with Crippen LogP contribution in [0.1, 0.15) is 32.0 Å². The Balaban J connectivity index is 2.25. The zero-order valence-corrected chi connectivity index (χ0v) is 10.5. The van der Waals surface area contributed by atoms with Crippen LogP contribution in [-0.4, -0.2) is 16.7 Å². The Kier molecular flexibility index (Phi) is 3.75. The van der Waals surface area contributed by atoms with Gasteiger partial charge in [-0.2, -0.15) is 13.2 Å². The average Bonchev–Trinajstić information content (AvgIpc) is 2.46. The van der Waals surface area contributed by atoms with Gasteiger partial charge in [-0.25, -0.2) is 0 Å². The van der Waals surface area contributed by atoms with E-state index in [9.17, 15) is 22.8 Å². The first-order valence-electron chi connectivity index (χ1n) is 5.77. The van der Waals surface area contributed by atoms with Gasteiger partial charge in [0.05, 0.1) is 5.56 Å². The van der Waals surface area contributed by atoms with Gasteiger partial charge in [-0.1, -0.05) is 12.1 Å². The monoisotopic (exact) mass is 294 g/mol. The van der Waals surface area contributed by atoms with Crippen molar-refractivity contribution in [1.82, 2.24) is 4.98 Å². The molecule has 0 saturated carbocycles. The lowest BCUT2D eigenvalue weighted by molar-refractivity contribution is -0.137. The Hall–Kier alpha value is -2.70. The summed E-state index contributed by atoms with van der Waals surface area (Å²) in [5.74, 6) is -1.23. The van der Waals surface area contributed by atoms with Crippen LogP contribution in [0.2, 0.25) is 0 Å². The summed E-state index contributed by atoms with van der Waals surface area (Å²) < 4.78 is 37.3. The number of rotatable bonds is 3. The highest BCUT2D eigenvalue weighted by atomic mass is 19.4. The van der Waals surface area contributed by atoms with Crippen molar-refractivity contribution in [3.05, 3.63) is 65.0 Å². The maximum absolute atomic E-state index is 12.4. The number of hydrogen-bond donors (Lipinski definition) is 1. The average molecular weight is 294 g/mol. The summed E-state index contributed by atoms with van der Waals surface area (Å²) in [5.41, 5.74) is 4.43. The van der Waals surface area contributed by atoms with Gasteiger partial charge < -0.3 is 5.73 Å². The summed E-state index contributed by atoms with van der Waals surface area (Å²) >= 11 is 0. The topological polar surface area (TPSA) is 73.1 Å². The maximum Gasteiger partial charge on any atom is 0.416 e. The molecule has 2 N–H and O–H groups in total. The molecule has 0 bridgehead atoms. The van der Waals surface area contributed by atoms with Crippen molar-refractivity contribution in [2.75, 3.05) is 0 Å². The first-order valence-corrected chi connectivity index (χ1v) is 5.77. The van der Waals surface area contributed by atoms with E-state index >= 15 is 0 Å². The normalized spacial score (nSPS) is 11.2. The number of amides is 1. The zero-order chi connectivity index (χ0) is 15.6. The molecule has 0 unspecified atom stereocenters. The molecule has 2 aromatic rings. The number of aromatic nitrogens is 1. The molecule has 4 nitrogen and oxygen atoms in total. The number of hydrogen-bond acceptors (Lipinski definition) is 3. The van der Waals surface area contributed by atoms with Crippen molar-refractivity contribution in [1.29, 1.82) is 0 Å². The van der Waals surface area contributed by atoms with Crippen LogP contribution >= 0.6 is 0 Å². The Labute approximate surface area is 117 Å². The van der Waals surface area contributed by atoms with Gasteiger partial charge in [-0.3, -0.25) is 14.6 Å². The van der Waals surface area contributed by atoms with Crippen LogP contribution < -0.4 is 5.73 Å². The SMILES string of the molecule is NC(=O)c1ccc(C(=O)c2ccc(C(F)(F)F)cc2)cn1. The maximum atomic E-state index is 12.4. The molecule has 108 valence electrons. The number of carbonyl (C=O) groups is 2. The first kappa shape index (κ1) is 14.7. The fourth-order valence-electron chi connectivity index (χ4n) is 1.65. The largest absolute Gasteiger partial charge is 0.416 e. The second-order valence-electron chi connectivity index (χ2n) is 4.20. The molecule has 21 heavy (non-hydrogen) atoms. The van der Waals surface area contributed by atoms with Gasteiger partial charge in [0.2, 0.25) is 0 Å². The fraction of sp³-hybridized carbons (Fsp3) is 0.0714. The summed E-state index contributed by atoms with van der Waals surface area (Å²) in [4.78, 5) is 26.6. The summed E-state index contributed by atoms with van der Waals surface area (Å²) in [5, 5.41) is 0. The minimum atomic E-state index is -4.45. The number of benzene rings is 1. The van der Waals surface area contributed by atoms with Crippen molar-refractivity contribution in [2.24, 2.45) is 5.73 Å². The minimum absolute atomic E-state index is 0.000954. The number of halogens is 3. The molecule has 0 radical (unpaired) electrons. The molecular formula is C14H9F3N2O2. The van der Waals surface area contributed by atoms with Gasteiger partial charge in [0, 0.05) is 17.3 Å². The van der Waals surface area contributed by atoms with E-state index in [-0.39, 0.29) is 16.8 Å². The Morgan fingerprint density at radius 2 is 1.52 bits per heavy atom. The smallest absolute Gasteiger partial charge is 0.364 e. The van der Waals surface area contributed by atoms with E-state index in [2.05, 4.69) is 4.98 Å². The molecular weight excluding hydrogens is 285 g/mol. The van der Waals surface area contributed by atoms with Gasteiger partial charge in [-0.05, 0) is 24.3 Å². The summed E-state index contributed by atoms with van der Waals surface area (Å²) in [7, 11) is 0. The second kappa shape index (κ2) is 5.35. The molecule has 0 aliphatic heterocycles. The molecule has 1 aromatic heterocycles. The van der Waals surface area contributed by atoms with E-state index in [1.807, 2.05) is 0 Å². The summed E-state index contributed by atoms with van der Waals surface area (Å²) in [6.07, 6.45) is -3.30. The Morgan fingerprint density at radius 1 is 0.952 bits per heavy atom. The van der Waals surface area contributed by atoms with Crippen LogP contribution in [0, 0.1) is 0 Å². The first-order chi connectivity index (χ1) is 9.79. The van der Waals surface area contributed by atoms with Gasteiger partial charge in [0.15, 0.2) is 5.78 Å². The summed E-state index contributed by atoms with van der Waals surface area (Å²) in [6, 6.07) is 6.46. The highest BCUT2D eigenvalue weighted by Gasteiger charge is 2.30. The van der Waals surface area contributed by atoms with Crippen LogP contribution in [0.15, 0.2) is 42.6 Å². The van der Waals surface area contributed by atoms with E-state index in [0.717, 1.165) is 30.5 Å². The van der Waals surface area contributed by atoms with Gasteiger partial charge >= 0.3 is 6.18 Å². The molecule has 0 saturated heterocycles. The third kappa shape index (κ3) is 3.25. The lowest BCUT2D eigenvalue weighted by atomic mass is 10.0. The minimum Gasteiger partial charge on any atom is -0.364 e. The predicted octanol–water partition coefficient (Wildman–Crippen LogP) is 2.43. The quantitative estimate of drug-likeness (QED) is 0.884. The third-order valence-corrected chi connectivity index (χ3v) is 2.75. The van der Waals surface area contributed by atoms with Crippen molar-refractivity contribution in [3.8, 4) is 0 Å². The Bertz CT molecular complexity index is 677. The van der Waals surface area contributed by atoms with Crippen LogP contribution in [0.25, 0.3) is 0 Å². The molecule has 7 heteroatoms. The van der Waals surface area contributed by atoms with E-state index < -0.39 is 23.4 Å². The number of carbonyl (C=O) groups excluding carboxylic acids is 2. The van der Waals surface area contributed by atoms with Crippen LogP contribution in [0.4, 0.5) is 13.2 Å². The number of nitrogens with two attached hydrogens (primary N) is 1. The number of ketones is 1. The molecule has 1 heterocycles. The van der Waals surface area contributed by atoms with E-state index in [1.165, 1.54) is 12.1 Å². The molecule has 0 atom stereocenters. The highest BCUT2D eigenvalue weighted by molar-refractivity contribution is 6.09. The van der Waals surface area contributed by atoms with Crippen LogP contribution in [0.3, 0.4) is 0 Å². The molecule has 0 aliphatic rings. The van der Waals surface area contributed by atoms with Crippen LogP contribution in [0.5, 0.6) is 0 Å². The lowest BCUT2D eigenvalue weighted by Gasteiger charge is -2.07. The molecule has 0 aliphatic carbocycles. The molecule has 0 fully saturated rings. The second-order valence-corrected chi connectivity index (χ2v) is 4.20. The van der Waals surface area contributed by atoms with Crippen molar-refractivity contribution in [3.63, 3.8) is 0 Å². The van der Waals surface area contributed by atoms with Crippen molar-refractivity contribution < 1.29 is 22.8 Å². The highest BCUT2D eigenvalue weighted by Crippen LogP contribution is 2.29. The third-order valence-electron chi connectivity index (χ3n) is 2.75. The molecule has 1 aromatic carbocycles. The molecule has 1 amide bonds. The molecule has 2 rings (SSSR count). The molecule has 0 spiro atoms. The zero-order valence-electron chi connectivity index (χ0n) is 10.5.